The highest BCUT2D eigenvalue weighted by Crippen LogP contribution is 2.35. The number of hydrogen-bond acceptors (Lipinski definition) is 3. The predicted octanol–water partition coefficient (Wildman–Crippen LogP) is 2.37. The summed E-state index contributed by atoms with van der Waals surface area (Å²) in [7, 11) is 0. The summed E-state index contributed by atoms with van der Waals surface area (Å²) in [5.74, 6) is 1.82. The van der Waals surface area contributed by atoms with Crippen LogP contribution in [-0.2, 0) is 11.3 Å². The van der Waals surface area contributed by atoms with Crippen molar-refractivity contribution in [1.29, 1.82) is 0 Å². The van der Waals surface area contributed by atoms with Gasteiger partial charge in [0.25, 0.3) is 0 Å². The number of para-hydroxylation sites is 1. The molecule has 0 bridgehead atoms. The van der Waals surface area contributed by atoms with E-state index in [0.717, 1.165) is 37.6 Å². The molecule has 1 aromatic carbocycles. The van der Waals surface area contributed by atoms with E-state index in [9.17, 15) is 4.79 Å². The number of carbonyl (C=O) groups excluding carboxylic acids is 1. The Hall–Kier alpha value is -2.07. The van der Waals surface area contributed by atoms with Crippen LogP contribution in [0.2, 0.25) is 0 Å². The Morgan fingerprint density at radius 1 is 1.05 bits per heavy atom. The number of amides is 1. The predicted molar refractivity (Wildman–Crippen MR) is 79.8 cm³/mol. The highest BCUT2D eigenvalue weighted by Gasteiger charge is 2.46. The summed E-state index contributed by atoms with van der Waals surface area (Å²) in [5, 5.41) is 0. The molecule has 2 aliphatic heterocycles. The van der Waals surface area contributed by atoms with Crippen molar-refractivity contribution in [2.24, 2.45) is 11.8 Å². The zero-order valence-electron chi connectivity index (χ0n) is 11.8. The Bertz CT molecular complexity index is 624. The minimum absolute atomic E-state index is 0.139. The lowest BCUT2D eigenvalue weighted by Gasteiger charge is -2.21. The first-order valence-electron chi connectivity index (χ1n) is 7.42. The van der Waals surface area contributed by atoms with Gasteiger partial charge in [0.2, 0.25) is 5.91 Å². The molecule has 2 atom stereocenters. The summed E-state index contributed by atoms with van der Waals surface area (Å²) >= 11 is 0. The number of benzene rings is 1. The van der Waals surface area contributed by atoms with Gasteiger partial charge < -0.3 is 9.32 Å². The molecule has 0 unspecified atom stereocenters. The molecular formula is C17H18N2O2. The molecule has 4 rings (SSSR count). The van der Waals surface area contributed by atoms with Gasteiger partial charge in [0.15, 0.2) is 0 Å². The second-order valence-corrected chi connectivity index (χ2v) is 5.92. The van der Waals surface area contributed by atoms with Crippen molar-refractivity contribution in [3.05, 3.63) is 54.5 Å². The van der Waals surface area contributed by atoms with Gasteiger partial charge in [-0.25, -0.2) is 0 Å². The maximum atomic E-state index is 12.6. The van der Waals surface area contributed by atoms with Crippen molar-refractivity contribution in [1.82, 2.24) is 4.90 Å². The summed E-state index contributed by atoms with van der Waals surface area (Å²) in [6, 6.07) is 13.9. The number of carbonyl (C=O) groups is 1. The van der Waals surface area contributed by atoms with E-state index >= 15 is 0 Å². The van der Waals surface area contributed by atoms with Gasteiger partial charge in [0, 0.05) is 31.2 Å². The van der Waals surface area contributed by atoms with Crippen molar-refractivity contribution in [3.63, 3.8) is 0 Å². The van der Waals surface area contributed by atoms with E-state index in [2.05, 4.69) is 4.90 Å². The van der Waals surface area contributed by atoms with Crippen LogP contribution in [0.1, 0.15) is 5.76 Å². The van der Waals surface area contributed by atoms with Gasteiger partial charge in [-0.1, -0.05) is 18.2 Å². The van der Waals surface area contributed by atoms with Crippen LogP contribution in [0.4, 0.5) is 5.69 Å². The number of likely N-dealkylation sites (tertiary alicyclic amines) is 1. The average Bonchev–Trinajstić information content (AvgIpc) is 3.20. The molecule has 3 heterocycles. The van der Waals surface area contributed by atoms with Gasteiger partial charge in [-0.2, -0.15) is 0 Å². The summed E-state index contributed by atoms with van der Waals surface area (Å²) in [5.41, 5.74) is 1.02. The van der Waals surface area contributed by atoms with Crippen molar-refractivity contribution in [2.75, 3.05) is 24.5 Å². The molecule has 2 aliphatic rings. The molecule has 0 spiro atoms. The SMILES string of the molecule is O=C1[C@@H]2CN(Cc3ccco3)C[C@H]2CN1c1ccccc1. The first kappa shape index (κ1) is 12.7. The number of nitrogens with zero attached hydrogens (tertiary/aromatic N) is 2. The van der Waals surface area contributed by atoms with E-state index < -0.39 is 0 Å². The molecule has 108 valence electrons. The molecule has 2 fully saturated rings. The van der Waals surface area contributed by atoms with Crippen LogP contribution in [0.25, 0.3) is 0 Å². The van der Waals surface area contributed by atoms with Crippen LogP contribution >= 0.6 is 0 Å². The fourth-order valence-electron chi connectivity index (χ4n) is 3.54. The van der Waals surface area contributed by atoms with Crippen LogP contribution in [0.5, 0.6) is 0 Å². The van der Waals surface area contributed by atoms with E-state index in [1.54, 1.807) is 6.26 Å². The van der Waals surface area contributed by atoms with Crippen LogP contribution in [0.3, 0.4) is 0 Å². The minimum atomic E-state index is 0.139. The molecular weight excluding hydrogens is 264 g/mol. The van der Waals surface area contributed by atoms with Crippen LogP contribution < -0.4 is 4.90 Å². The first-order chi connectivity index (χ1) is 10.3. The molecule has 4 heteroatoms. The van der Waals surface area contributed by atoms with E-state index in [1.165, 1.54) is 0 Å². The molecule has 0 N–H and O–H groups in total. The van der Waals surface area contributed by atoms with E-state index in [-0.39, 0.29) is 11.8 Å². The van der Waals surface area contributed by atoms with Crippen LogP contribution in [0.15, 0.2) is 53.1 Å². The molecule has 0 saturated carbocycles. The monoisotopic (exact) mass is 282 g/mol. The number of rotatable bonds is 3. The number of anilines is 1. The van der Waals surface area contributed by atoms with Gasteiger partial charge in [-0.3, -0.25) is 9.69 Å². The first-order valence-corrected chi connectivity index (χ1v) is 7.42. The van der Waals surface area contributed by atoms with Crippen molar-refractivity contribution in [3.8, 4) is 0 Å². The second-order valence-electron chi connectivity index (χ2n) is 5.92. The molecule has 21 heavy (non-hydrogen) atoms. The van der Waals surface area contributed by atoms with Gasteiger partial charge in [0.1, 0.15) is 5.76 Å². The third kappa shape index (κ3) is 2.25. The summed E-state index contributed by atoms with van der Waals surface area (Å²) in [4.78, 5) is 16.9. The molecule has 0 radical (unpaired) electrons. The van der Waals surface area contributed by atoms with Gasteiger partial charge >= 0.3 is 0 Å². The maximum absolute atomic E-state index is 12.6. The lowest BCUT2D eigenvalue weighted by Crippen LogP contribution is -2.32. The number of hydrogen-bond donors (Lipinski definition) is 0. The quantitative estimate of drug-likeness (QED) is 0.867. The fourth-order valence-corrected chi connectivity index (χ4v) is 3.54. The minimum Gasteiger partial charge on any atom is -0.468 e. The lowest BCUT2D eigenvalue weighted by atomic mass is 10.0. The molecule has 1 amide bonds. The van der Waals surface area contributed by atoms with Crippen LogP contribution in [-0.4, -0.2) is 30.4 Å². The van der Waals surface area contributed by atoms with E-state index in [4.69, 9.17) is 4.42 Å². The van der Waals surface area contributed by atoms with E-state index in [1.807, 2.05) is 47.4 Å². The summed E-state index contributed by atoms with van der Waals surface area (Å²) in [6.07, 6.45) is 1.70. The second kappa shape index (κ2) is 5.04. The van der Waals surface area contributed by atoms with Crippen LogP contribution in [0, 0.1) is 11.8 Å². The van der Waals surface area contributed by atoms with Gasteiger partial charge in [-0.05, 0) is 24.3 Å². The number of furan rings is 1. The Morgan fingerprint density at radius 3 is 2.62 bits per heavy atom. The highest BCUT2D eigenvalue weighted by atomic mass is 16.3. The summed E-state index contributed by atoms with van der Waals surface area (Å²) in [6.45, 7) is 3.45. The standard InChI is InChI=1S/C17H18N2O2/c20-17-16-12-18(11-15-7-4-8-21-15)9-13(16)10-19(17)14-5-2-1-3-6-14/h1-8,13,16H,9-12H2/t13-,16+/m0/s1. The average molecular weight is 282 g/mol. The summed E-state index contributed by atoms with van der Waals surface area (Å²) < 4.78 is 5.40. The Labute approximate surface area is 124 Å². The zero-order valence-corrected chi connectivity index (χ0v) is 11.8. The molecule has 0 aliphatic carbocycles. The van der Waals surface area contributed by atoms with Crippen molar-refractivity contribution < 1.29 is 9.21 Å². The van der Waals surface area contributed by atoms with Crippen molar-refractivity contribution >= 4 is 11.6 Å². The Kier molecular flexibility index (Phi) is 3.04. The molecule has 2 aromatic rings. The fraction of sp³-hybridized carbons (Fsp3) is 0.353. The third-order valence-corrected chi connectivity index (χ3v) is 4.54. The third-order valence-electron chi connectivity index (χ3n) is 4.54. The van der Waals surface area contributed by atoms with Gasteiger partial charge in [-0.15, -0.1) is 0 Å². The molecule has 1 aromatic heterocycles. The highest BCUT2D eigenvalue weighted by molar-refractivity contribution is 5.98. The smallest absolute Gasteiger partial charge is 0.231 e. The molecule has 2 saturated heterocycles. The Balaban J connectivity index is 1.45. The van der Waals surface area contributed by atoms with E-state index in [0.29, 0.717) is 5.92 Å². The Morgan fingerprint density at radius 2 is 1.90 bits per heavy atom. The topological polar surface area (TPSA) is 36.7 Å². The normalized spacial score (nSPS) is 25.5. The zero-order chi connectivity index (χ0) is 14.2. The maximum Gasteiger partial charge on any atom is 0.231 e. The lowest BCUT2D eigenvalue weighted by molar-refractivity contribution is -0.120. The van der Waals surface area contributed by atoms with Crippen molar-refractivity contribution in [2.45, 2.75) is 6.54 Å². The number of fused-ring (bicyclic) bond motifs is 1. The van der Waals surface area contributed by atoms with Gasteiger partial charge in [0.05, 0.1) is 18.7 Å². The molecule has 4 nitrogen and oxygen atoms in total. The largest absolute Gasteiger partial charge is 0.468 e.